The molecule has 27 heavy (non-hydrogen) atoms. The van der Waals surface area contributed by atoms with E-state index < -0.39 is 0 Å². The highest BCUT2D eigenvalue weighted by Crippen LogP contribution is 2.28. The van der Waals surface area contributed by atoms with Gasteiger partial charge in [-0.1, -0.05) is 19.1 Å². The van der Waals surface area contributed by atoms with Crippen molar-refractivity contribution in [3.8, 4) is 5.69 Å². The van der Waals surface area contributed by atoms with E-state index in [-0.39, 0.29) is 18.3 Å². The molecule has 1 unspecified atom stereocenters. The van der Waals surface area contributed by atoms with Crippen LogP contribution in [0.25, 0.3) is 5.69 Å². The molecule has 1 amide bonds. The molecule has 1 saturated heterocycles. The van der Waals surface area contributed by atoms with Crippen LogP contribution in [0.2, 0.25) is 0 Å². The minimum absolute atomic E-state index is 0. The van der Waals surface area contributed by atoms with Crippen LogP contribution in [0.15, 0.2) is 24.3 Å². The van der Waals surface area contributed by atoms with Crippen molar-refractivity contribution in [3.63, 3.8) is 0 Å². The number of hydrogen-bond donors (Lipinski definition) is 2. The summed E-state index contributed by atoms with van der Waals surface area (Å²) in [5, 5.41) is 11.2. The lowest BCUT2D eigenvalue weighted by atomic mass is 10.1. The fourth-order valence-electron chi connectivity index (χ4n) is 4.14. The Bertz CT molecular complexity index is 778. The number of carbonyl (C=O) groups excluding carboxylic acids is 1. The fourth-order valence-corrected chi connectivity index (χ4v) is 4.14. The van der Waals surface area contributed by atoms with Crippen molar-refractivity contribution in [2.24, 2.45) is 5.92 Å². The summed E-state index contributed by atoms with van der Waals surface area (Å²) in [5.41, 5.74) is 5.35. The molecule has 0 bridgehead atoms. The van der Waals surface area contributed by atoms with Crippen molar-refractivity contribution in [2.75, 3.05) is 19.6 Å². The Labute approximate surface area is 167 Å². The smallest absolute Gasteiger partial charge is 0.272 e. The largest absolute Gasteiger partial charge is 0.351 e. The molecule has 1 fully saturated rings. The molecule has 1 aromatic carbocycles. The van der Waals surface area contributed by atoms with Crippen LogP contribution in [0, 0.1) is 5.92 Å². The lowest BCUT2D eigenvalue weighted by Gasteiger charge is -2.09. The second-order valence-corrected chi connectivity index (χ2v) is 7.46. The number of aryl methyl sites for hydroxylation is 1. The van der Waals surface area contributed by atoms with Crippen molar-refractivity contribution in [2.45, 2.75) is 45.4 Å². The van der Waals surface area contributed by atoms with Crippen LogP contribution < -0.4 is 10.6 Å². The van der Waals surface area contributed by atoms with E-state index in [1.807, 2.05) is 4.68 Å². The van der Waals surface area contributed by atoms with Gasteiger partial charge < -0.3 is 10.6 Å². The van der Waals surface area contributed by atoms with Gasteiger partial charge in [-0.15, -0.1) is 12.4 Å². The number of benzene rings is 1. The summed E-state index contributed by atoms with van der Waals surface area (Å²) in [4.78, 5) is 12.7. The van der Waals surface area contributed by atoms with E-state index in [9.17, 15) is 4.79 Å². The van der Waals surface area contributed by atoms with E-state index in [4.69, 9.17) is 5.10 Å². The molecule has 2 aliphatic rings. The molecule has 0 radical (unpaired) electrons. The van der Waals surface area contributed by atoms with Gasteiger partial charge in [0, 0.05) is 17.8 Å². The van der Waals surface area contributed by atoms with E-state index in [1.165, 1.54) is 17.7 Å². The normalized spacial score (nSPS) is 18.2. The topological polar surface area (TPSA) is 59.0 Å². The van der Waals surface area contributed by atoms with Gasteiger partial charge in [-0.25, -0.2) is 4.68 Å². The molecule has 146 valence electrons. The van der Waals surface area contributed by atoms with E-state index in [0.29, 0.717) is 11.6 Å². The zero-order valence-corrected chi connectivity index (χ0v) is 16.8. The first kappa shape index (κ1) is 19.9. The van der Waals surface area contributed by atoms with Gasteiger partial charge in [0.15, 0.2) is 5.69 Å². The van der Waals surface area contributed by atoms with Crippen LogP contribution in [-0.2, 0) is 19.3 Å². The highest BCUT2D eigenvalue weighted by molar-refractivity contribution is 5.94. The molecular weight excluding hydrogens is 360 g/mol. The minimum Gasteiger partial charge on any atom is -0.351 e. The fraction of sp³-hybridized carbons (Fsp3) is 0.524. The van der Waals surface area contributed by atoms with E-state index in [0.717, 1.165) is 63.0 Å². The highest BCUT2D eigenvalue weighted by Gasteiger charge is 2.27. The maximum Gasteiger partial charge on any atom is 0.272 e. The third-order valence-electron chi connectivity index (χ3n) is 5.73. The Morgan fingerprint density at radius 3 is 2.81 bits per heavy atom. The average molecular weight is 389 g/mol. The minimum atomic E-state index is -0.0157. The number of aromatic nitrogens is 2. The number of amides is 1. The molecule has 4 rings (SSSR count). The third kappa shape index (κ3) is 4.19. The first-order chi connectivity index (χ1) is 12.8. The molecule has 2 aromatic rings. The van der Waals surface area contributed by atoms with Gasteiger partial charge in [-0.2, -0.15) is 5.10 Å². The standard InChI is InChI=1S/C21H28N4O.ClH/c1-2-15-6-8-17(9-7-15)25-19-5-3-4-18(19)20(24-25)21(26)23-13-11-16-10-12-22-14-16;/h6-9,16,22H,2-5,10-14H2,1H3,(H,23,26);1H. The summed E-state index contributed by atoms with van der Waals surface area (Å²) in [6.45, 7) is 5.07. The zero-order chi connectivity index (χ0) is 17.9. The van der Waals surface area contributed by atoms with Crippen molar-refractivity contribution in [3.05, 3.63) is 46.8 Å². The molecule has 1 aliphatic heterocycles. The predicted molar refractivity (Wildman–Crippen MR) is 110 cm³/mol. The second-order valence-electron chi connectivity index (χ2n) is 7.46. The number of fused-ring (bicyclic) bond motifs is 1. The van der Waals surface area contributed by atoms with Gasteiger partial charge in [0.25, 0.3) is 5.91 Å². The SMILES string of the molecule is CCc1ccc(-n2nc(C(=O)NCCC3CCNC3)c3c2CCC3)cc1.Cl. The molecule has 2 heterocycles. The maximum atomic E-state index is 12.7. The first-order valence-corrected chi connectivity index (χ1v) is 9.95. The van der Waals surface area contributed by atoms with E-state index >= 15 is 0 Å². The van der Waals surface area contributed by atoms with Gasteiger partial charge in [0.2, 0.25) is 0 Å². The molecule has 0 spiro atoms. The summed E-state index contributed by atoms with van der Waals surface area (Å²) >= 11 is 0. The summed E-state index contributed by atoms with van der Waals surface area (Å²) in [7, 11) is 0. The van der Waals surface area contributed by atoms with Crippen molar-refractivity contribution in [1.82, 2.24) is 20.4 Å². The molecule has 5 nitrogen and oxygen atoms in total. The Morgan fingerprint density at radius 1 is 1.30 bits per heavy atom. The molecule has 1 aromatic heterocycles. The molecule has 1 aliphatic carbocycles. The van der Waals surface area contributed by atoms with Crippen molar-refractivity contribution >= 4 is 18.3 Å². The van der Waals surface area contributed by atoms with Gasteiger partial charge >= 0.3 is 0 Å². The van der Waals surface area contributed by atoms with Crippen molar-refractivity contribution in [1.29, 1.82) is 0 Å². The number of nitrogens with one attached hydrogen (secondary N) is 2. The van der Waals surface area contributed by atoms with Crippen molar-refractivity contribution < 1.29 is 4.79 Å². The maximum absolute atomic E-state index is 12.7. The monoisotopic (exact) mass is 388 g/mol. The number of carbonyl (C=O) groups is 1. The summed E-state index contributed by atoms with van der Waals surface area (Å²) < 4.78 is 1.98. The van der Waals surface area contributed by atoms with Crippen LogP contribution in [-0.4, -0.2) is 35.3 Å². The first-order valence-electron chi connectivity index (χ1n) is 9.95. The quantitative estimate of drug-likeness (QED) is 0.799. The number of halogens is 1. The highest BCUT2D eigenvalue weighted by atomic mass is 35.5. The van der Waals surface area contributed by atoms with Crippen LogP contribution in [0.1, 0.15) is 53.5 Å². The molecule has 0 saturated carbocycles. The third-order valence-corrected chi connectivity index (χ3v) is 5.73. The van der Waals surface area contributed by atoms with Gasteiger partial charge in [0.1, 0.15) is 0 Å². The van der Waals surface area contributed by atoms with Crippen LogP contribution in [0.4, 0.5) is 0 Å². The lowest BCUT2D eigenvalue weighted by Crippen LogP contribution is -2.27. The molecule has 1 atom stereocenters. The Morgan fingerprint density at radius 2 is 2.11 bits per heavy atom. The van der Waals surface area contributed by atoms with E-state index in [2.05, 4.69) is 41.8 Å². The molecule has 6 heteroatoms. The Kier molecular flexibility index (Phi) is 6.55. The Hall–Kier alpha value is -1.85. The number of nitrogens with zero attached hydrogens (tertiary/aromatic N) is 2. The molecule has 2 N–H and O–H groups in total. The Balaban J connectivity index is 0.00000210. The van der Waals surface area contributed by atoms with Crippen LogP contribution >= 0.6 is 12.4 Å². The van der Waals surface area contributed by atoms with Crippen LogP contribution in [0.5, 0.6) is 0 Å². The molecular formula is C21H29ClN4O. The summed E-state index contributed by atoms with van der Waals surface area (Å²) in [5.74, 6) is 0.675. The van der Waals surface area contributed by atoms with Gasteiger partial charge in [-0.05, 0) is 75.2 Å². The number of rotatable bonds is 6. The van der Waals surface area contributed by atoms with Crippen LogP contribution in [0.3, 0.4) is 0 Å². The lowest BCUT2D eigenvalue weighted by molar-refractivity contribution is 0.0945. The summed E-state index contributed by atoms with van der Waals surface area (Å²) in [6, 6.07) is 8.51. The van der Waals surface area contributed by atoms with Gasteiger partial charge in [-0.3, -0.25) is 4.79 Å². The number of hydrogen-bond acceptors (Lipinski definition) is 3. The average Bonchev–Trinajstić information content (AvgIpc) is 3.39. The predicted octanol–water partition coefficient (Wildman–Crippen LogP) is 3.07. The zero-order valence-electron chi connectivity index (χ0n) is 16.0. The van der Waals surface area contributed by atoms with E-state index in [1.54, 1.807) is 0 Å². The van der Waals surface area contributed by atoms with Gasteiger partial charge in [0.05, 0.1) is 5.69 Å². The second kappa shape index (κ2) is 8.89. The summed E-state index contributed by atoms with van der Waals surface area (Å²) in [6.07, 6.45) is 6.35.